The second kappa shape index (κ2) is 13.1. The van der Waals surface area contributed by atoms with E-state index in [1.165, 1.54) is 4.90 Å². The summed E-state index contributed by atoms with van der Waals surface area (Å²) in [5.41, 5.74) is 2.56. The molecule has 2 atom stereocenters. The summed E-state index contributed by atoms with van der Waals surface area (Å²) in [6.07, 6.45) is 1.28. The van der Waals surface area contributed by atoms with Crippen molar-refractivity contribution in [2.24, 2.45) is 5.92 Å². The second-order valence-corrected chi connectivity index (χ2v) is 10.7. The zero-order chi connectivity index (χ0) is 27.8. The minimum absolute atomic E-state index is 0.105. The van der Waals surface area contributed by atoms with Crippen LogP contribution in [0.2, 0.25) is 0 Å². The quantitative estimate of drug-likeness (QED) is 0.390. The molecule has 0 fully saturated rings. The molecule has 200 valence electrons. The molecule has 2 aromatic rings. The van der Waals surface area contributed by atoms with E-state index < -0.39 is 23.8 Å². The summed E-state index contributed by atoms with van der Waals surface area (Å²) in [7, 11) is 0. The van der Waals surface area contributed by atoms with Gasteiger partial charge in [0, 0.05) is 12.2 Å². The van der Waals surface area contributed by atoms with Gasteiger partial charge in [0.15, 0.2) is 0 Å². The van der Waals surface area contributed by atoms with Crippen molar-refractivity contribution in [3.8, 4) is 0 Å². The van der Waals surface area contributed by atoms with E-state index in [1.54, 1.807) is 26.8 Å². The number of amides is 3. The average Bonchev–Trinajstić information content (AvgIpc) is 2.79. The fourth-order valence-corrected chi connectivity index (χ4v) is 3.94. The summed E-state index contributed by atoms with van der Waals surface area (Å²) in [5, 5.41) is 5.73. The van der Waals surface area contributed by atoms with Crippen LogP contribution in [0.25, 0.3) is 0 Å². The number of carbonyl (C=O) groups excluding carboxylic acids is 3. The number of nitrogens with one attached hydrogen (secondary N) is 2. The Labute approximate surface area is 221 Å². The highest BCUT2D eigenvalue weighted by atomic mass is 16.6. The maximum absolute atomic E-state index is 14.0. The van der Waals surface area contributed by atoms with Gasteiger partial charge in [-0.05, 0) is 64.2 Å². The number of ether oxygens (including phenoxy) is 1. The highest BCUT2D eigenvalue weighted by molar-refractivity contribution is 5.99. The van der Waals surface area contributed by atoms with Gasteiger partial charge in [-0.25, -0.2) is 4.79 Å². The highest BCUT2D eigenvalue weighted by Crippen LogP contribution is 2.26. The highest BCUT2D eigenvalue weighted by Gasteiger charge is 2.36. The molecule has 0 heterocycles. The molecule has 0 bridgehead atoms. The van der Waals surface area contributed by atoms with E-state index in [-0.39, 0.29) is 24.3 Å². The largest absolute Gasteiger partial charge is 0.444 e. The lowest BCUT2D eigenvalue weighted by Crippen LogP contribution is -2.52. The summed E-state index contributed by atoms with van der Waals surface area (Å²) in [6.45, 7) is 17.0. The number of benzene rings is 2. The molecule has 2 N–H and O–H groups in total. The SMILES string of the molecule is C=CCN(C(=O)C(CC(C)C)NC(=O)OC(C)(C)C)C(C(=O)Nc1ccccc1C)c1ccc(C)cc1. The van der Waals surface area contributed by atoms with Gasteiger partial charge in [0.2, 0.25) is 5.91 Å². The van der Waals surface area contributed by atoms with Crippen LogP contribution in [0.3, 0.4) is 0 Å². The number of aryl methyl sites for hydroxylation is 2. The van der Waals surface area contributed by atoms with Crippen LogP contribution in [-0.4, -0.2) is 41.0 Å². The van der Waals surface area contributed by atoms with Crippen LogP contribution in [0, 0.1) is 19.8 Å². The molecule has 0 radical (unpaired) electrons. The molecule has 7 nitrogen and oxygen atoms in total. The van der Waals surface area contributed by atoms with Gasteiger partial charge in [0.25, 0.3) is 5.91 Å². The van der Waals surface area contributed by atoms with Crippen molar-refractivity contribution in [1.82, 2.24) is 10.2 Å². The van der Waals surface area contributed by atoms with Gasteiger partial charge >= 0.3 is 6.09 Å². The summed E-state index contributed by atoms with van der Waals surface area (Å²) in [6, 6.07) is 13.2. The third kappa shape index (κ3) is 9.08. The van der Waals surface area contributed by atoms with Crippen molar-refractivity contribution < 1.29 is 19.1 Å². The van der Waals surface area contributed by atoms with Gasteiger partial charge in [-0.2, -0.15) is 0 Å². The van der Waals surface area contributed by atoms with Crippen molar-refractivity contribution in [2.45, 2.75) is 72.6 Å². The normalized spacial score (nSPS) is 12.9. The molecule has 3 amide bonds. The number of nitrogens with zero attached hydrogens (tertiary/aromatic N) is 1. The number of carbonyl (C=O) groups is 3. The fourth-order valence-electron chi connectivity index (χ4n) is 3.94. The lowest BCUT2D eigenvalue weighted by atomic mass is 9.98. The molecule has 0 spiro atoms. The van der Waals surface area contributed by atoms with Gasteiger partial charge < -0.3 is 20.3 Å². The number of anilines is 1. The van der Waals surface area contributed by atoms with Crippen LogP contribution in [0.5, 0.6) is 0 Å². The molecular formula is C30H41N3O4. The van der Waals surface area contributed by atoms with Gasteiger partial charge in [-0.3, -0.25) is 9.59 Å². The van der Waals surface area contributed by atoms with E-state index >= 15 is 0 Å². The van der Waals surface area contributed by atoms with Gasteiger partial charge in [-0.1, -0.05) is 68.0 Å². The van der Waals surface area contributed by atoms with Crippen LogP contribution in [0.1, 0.15) is 63.8 Å². The number of alkyl carbamates (subject to hydrolysis) is 1. The molecule has 2 aromatic carbocycles. The molecule has 37 heavy (non-hydrogen) atoms. The Morgan fingerprint density at radius 2 is 1.65 bits per heavy atom. The molecule has 0 aliphatic rings. The molecule has 7 heteroatoms. The van der Waals surface area contributed by atoms with E-state index in [0.717, 1.165) is 11.1 Å². The maximum Gasteiger partial charge on any atom is 0.408 e. The van der Waals surface area contributed by atoms with Gasteiger partial charge in [0.1, 0.15) is 17.7 Å². The zero-order valence-corrected chi connectivity index (χ0v) is 23.1. The molecule has 0 aliphatic heterocycles. The van der Waals surface area contributed by atoms with Crippen molar-refractivity contribution in [2.75, 3.05) is 11.9 Å². The Morgan fingerprint density at radius 1 is 1.03 bits per heavy atom. The average molecular weight is 508 g/mol. The van der Waals surface area contributed by atoms with Crippen molar-refractivity contribution in [1.29, 1.82) is 0 Å². The van der Waals surface area contributed by atoms with E-state index in [0.29, 0.717) is 17.7 Å². The van der Waals surface area contributed by atoms with Crippen LogP contribution in [0.15, 0.2) is 61.2 Å². The summed E-state index contributed by atoms with van der Waals surface area (Å²) in [5.74, 6) is -0.632. The van der Waals surface area contributed by atoms with Crippen molar-refractivity contribution >= 4 is 23.6 Å². The monoisotopic (exact) mass is 507 g/mol. The topological polar surface area (TPSA) is 87.7 Å². The molecule has 2 unspecified atom stereocenters. The summed E-state index contributed by atoms with van der Waals surface area (Å²) < 4.78 is 5.42. The lowest BCUT2D eigenvalue weighted by Gasteiger charge is -2.34. The summed E-state index contributed by atoms with van der Waals surface area (Å²) in [4.78, 5) is 41.9. The van der Waals surface area contributed by atoms with Crippen LogP contribution in [0.4, 0.5) is 10.5 Å². The van der Waals surface area contributed by atoms with Gasteiger partial charge in [0.05, 0.1) is 0 Å². The van der Waals surface area contributed by atoms with E-state index in [1.807, 2.05) is 76.2 Å². The first-order chi connectivity index (χ1) is 17.3. The predicted molar refractivity (Wildman–Crippen MR) is 148 cm³/mol. The third-order valence-electron chi connectivity index (χ3n) is 5.66. The van der Waals surface area contributed by atoms with E-state index in [4.69, 9.17) is 4.74 Å². The maximum atomic E-state index is 14.0. The Bertz CT molecular complexity index is 1090. The first kappa shape index (κ1) is 29.6. The second-order valence-electron chi connectivity index (χ2n) is 10.7. The third-order valence-corrected chi connectivity index (χ3v) is 5.66. The number of hydrogen-bond acceptors (Lipinski definition) is 4. The zero-order valence-electron chi connectivity index (χ0n) is 23.1. The van der Waals surface area contributed by atoms with E-state index in [9.17, 15) is 14.4 Å². The lowest BCUT2D eigenvalue weighted by molar-refractivity contribution is -0.140. The minimum Gasteiger partial charge on any atom is -0.444 e. The molecular weight excluding hydrogens is 466 g/mol. The van der Waals surface area contributed by atoms with Crippen LogP contribution >= 0.6 is 0 Å². The number of hydrogen-bond donors (Lipinski definition) is 2. The fraction of sp³-hybridized carbons (Fsp3) is 0.433. The molecule has 0 aliphatic carbocycles. The molecule has 0 saturated heterocycles. The molecule has 0 aromatic heterocycles. The van der Waals surface area contributed by atoms with Crippen LogP contribution in [-0.2, 0) is 14.3 Å². The van der Waals surface area contributed by atoms with Crippen LogP contribution < -0.4 is 10.6 Å². The minimum atomic E-state index is -0.944. The van der Waals surface area contributed by atoms with Crippen molar-refractivity contribution in [3.05, 3.63) is 77.9 Å². The predicted octanol–water partition coefficient (Wildman–Crippen LogP) is 5.94. The van der Waals surface area contributed by atoms with Gasteiger partial charge in [-0.15, -0.1) is 6.58 Å². The van der Waals surface area contributed by atoms with Crippen molar-refractivity contribution in [3.63, 3.8) is 0 Å². The Morgan fingerprint density at radius 3 is 2.19 bits per heavy atom. The summed E-state index contributed by atoms with van der Waals surface area (Å²) >= 11 is 0. The first-order valence-electron chi connectivity index (χ1n) is 12.7. The molecule has 2 rings (SSSR count). The Balaban J connectivity index is 2.50. The number of rotatable bonds is 10. The smallest absolute Gasteiger partial charge is 0.408 e. The number of para-hydroxylation sites is 1. The Kier molecular flexibility index (Phi) is 10.5. The van der Waals surface area contributed by atoms with E-state index in [2.05, 4.69) is 17.2 Å². The molecule has 0 saturated carbocycles. The standard InChI is InChI=1S/C30H41N3O4/c1-9-18-33(28(35)25(19-20(2)3)32-29(36)37-30(6,7)8)26(23-16-14-21(4)15-17-23)27(34)31-24-13-11-10-12-22(24)5/h9-17,20,25-26H,1,18-19H2,2-8H3,(H,31,34)(H,32,36). The first-order valence-corrected chi connectivity index (χ1v) is 12.7. The Hall–Kier alpha value is -3.61.